The molecule has 0 aliphatic carbocycles. The molecule has 5 heteroatoms. The summed E-state index contributed by atoms with van der Waals surface area (Å²) in [5, 5.41) is 11.8. The quantitative estimate of drug-likeness (QED) is 0.931. The zero-order chi connectivity index (χ0) is 14.0. The number of benzene rings is 1. The fourth-order valence-corrected chi connectivity index (χ4v) is 1.87. The second-order valence-corrected chi connectivity index (χ2v) is 5.02. The number of anilines is 3. The maximum absolute atomic E-state index is 5.95. The van der Waals surface area contributed by atoms with Crippen molar-refractivity contribution in [1.82, 2.24) is 10.2 Å². The summed E-state index contributed by atoms with van der Waals surface area (Å²) in [5.74, 6) is 0.734. The number of hydrogen-bond acceptors (Lipinski definition) is 4. The standard InChI is InChI=1S/C14H17ClN4/c1-9-10(2)14(18-17-13(9)15)16-11-6-5-7-12(8-11)19(3)4/h5-8H,1-4H3,(H,16,18). The topological polar surface area (TPSA) is 41.1 Å². The first-order valence-electron chi connectivity index (χ1n) is 6.03. The fraction of sp³-hybridized carbons (Fsp3) is 0.286. The predicted molar refractivity (Wildman–Crippen MR) is 80.6 cm³/mol. The summed E-state index contributed by atoms with van der Waals surface area (Å²) in [6, 6.07) is 8.11. The minimum absolute atomic E-state index is 0.449. The van der Waals surface area contributed by atoms with Crippen molar-refractivity contribution in [2.45, 2.75) is 13.8 Å². The molecule has 0 aliphatic heterocycles. The summed E-state index contributed by atoms with van der Waals surface area (Å²) >= 11 is 5.95. The van der Waals surface area contributed by atoms with Gasteiger partial charge in [0.15, 0.2) is 11.0 Å². The number of aromatic nitrogens is 2. The minimum atomic E-state index is 0.449. The second kappa shape index (κ2) is 5.45. The lowest BCUT2D eigenvalue weighted by Crippen LogP contribution is -2.09. The first-order chi connectivity index (χ1) is 8.99. The Kier molecular flexibility index (Phi) is 3.90. The van der Waals surface area contributed by atoms with E-state index >= 15 is 0 Å². The van der Waals surface area contributed by atoms with Crippen LogP contribution in [0, 0.1) is 13.8 Å². The molecule has 1 N–H and O–H groups in total. The summed E-state index contributed by atoms with van der Waals surface area (Å²) in [4.78, 5) is 2.05. The third kappa shape index (κ3) is 2.96. The van der Waals surface area contributed by atoms with Crippen LogP contribution in [0.5, 0.6) is 0 Å². The highest BCUT2D eigenvalue weighted by molar-refractivity contribution is 6.30. The van der Waals surface area contributed by atoms with Gasteiger partial charge in [0.1, 0.15) is 0 Å². The SMILES string of the molecule is Cc1c(Cl)nnc(Nc2cccc(N(C)C)c2)c1C. The van der Waals surface area contributed by atoms with Crippen molar-refractivity contribution < 1.29 is 0 Å². The van der Waals surface area contributed by atoms with Crippen LogP contribution in [0.1, 0.15) is 11.1 Å². The van der Waals surface area contributed by atoms with Crippen LogP contribution in [0.25, 0.3) is 0 Å². The molecule has 0 saturated heterocycles. The Bertz CT molecular complexity index is 596. The Hall–Kier alpha value is -1.81. The van der Waals surface area contributed by atoms with Gasteiger partial charge in [-0.15, -0.1) is 10.2 Å². The Morgan fingerprint density at radius 2 is 1.84 bits per heavy atom. The van der Waals surface area contributed by atoms with Crippen molar-refractivity contribution >= 4 is 28.8 Å². The van der Waals surface area contributed by atoms with E-state index in [9.17, 15) is 0 Å². The average Bonchev–Trinajstić information content (AvgIpc) is 2.40. The van der Waals surface area contributed by atoms with Gasteiger partial charge in [0.25, 0.3) is 0 Å². The highest BCUT2D eigenvalue weighted by atomic mass is 35.5. The Morgan fingerprint density at radius 1 is 1.11 bits per heavy atom. The van der Waals surface area contributed by atoms with Crippen LogP contribution < -0.4 is 10.2 Å². The van der Waals surface area contributed by atoms with Gasteiger partial charge in [-0.2, -0.15) is 0 Å². The smallest absolute Gasteiger partial charge is 0.156 e. The summed E-state index contributed by atoms with van der Waals surface area (Å²) < 4.78 is 0. The van der Waals surface area contributed by atoms with E-state index in [2.05, 4.69) is 32.5 Å². The molecule has 0 amide bonds. The van der Waals surface area contributed by atoms with E-state index < -0.39 is 0 Å². The van der Waals surface area contributed by atoms with Gasteiger partial charge in [0.2, 0.25) is 0 Å². The molecule has 2 rings (SSSR count). The lowest BCUT2D eigenvalue weighted by Gasteiger charge is -2.15. The second-order valence-electron chi connectivity index (χ2n) is 4.66. The first-order valence-corrected chi connectivity index (χ1v) is 6.40. The first kappa shape index (κ1) is 13.6. The number of halogens is 1. The monoisotopic (exact) mass is 276 g/mol. The van der Waals surface area contributed by atoms with E-state index in [1.807, 2.05) is 40.1 Å². The van der Waals surface area contributed by atoms with E-state index in [0.717, 1.165) is 28.3 Å². The van der Waals surface area contributed by atoms with Crippen LogP contribution in [0.2, 0.25) is 5.15 Å². The van der Waals surface area contributed by atoms with Crippen molar-refractivity contribution in [3.05, 3.63) is 40.5 Å². The fourth-order valence-electron chi connectivity index (χ4n) is 1.69. The molecule has 19 heavy (non-hydrogen) atoms. The number of nitrogens with one attached hydrogen (secondary N) is 1. The Balaban J connectivity index is 2.31. The van der Waals surface area contributed by atoms with Gasteiger partial charge in [-0.05, 0) is 43.2 Å². The molecule has 0 aliphatic rings. The molecule has 1 aromatic heterocycles. The van der Waals surface area contributed by atoms with E-state index in [4.69, 9.17) is 11.6 Å². The van der Waals surface area contributed by atoms with Gasteiger partial charge >= 0.3 is 0 Å². The van der Waals surface area contributed by atoms with Gasteiger partial charge < -0.3 is 10.2 Å². The lowest BCUT2D eigenvalue weighted by atomic mass is 10.2. The van der Waals surface area contributed by atoms with Crippen molar-refractivity contribution in [3.63, 3.8) is 0 Å². The molecule has 0 fully saturated rings. The zero-order valence-electron chi connectivity index (χ0n) is 11.5. The maximum atomic E-state index is 5.95. The molecule has 0 bridgehead atoms. The highest BCUT2D eigenvalue weighted by Crippen LogP contribution is 2.25. The number of rotatable bonds is 3. The van der Waals surface area contributed by atoms with E-state index in [-0.39, 0.29) is 0 Å². The van der Waals surface area contributed by atoms with Gasteiger partial charge in [-0.25, -0.2) is 0 Å². The normalized spacial score (nSPS) is 10.4. The van der Waals surface area contributed by atoms with Crippen molar-refractivity contribution in [2.24, 2.45) is 0 Å². The molecular formula is C14H17ClN4. The third-order valence-corrected chi connectivity index (χ3v) is 3.45. The van der Waals surface area contributed by atoms with Crippen LogP contribution in [0.4, 0.5) is 17.2 Å². The highest BCUT2D eigenvalue weighted by Gasteiger charge is 2.08. The molecule has 0 saturated carbocycles. The third-order valence-electron chi connectivity index (χ3n) is 3.09. The van der Waals surface area contributed by atoms with Crippen LogP contribution in [0.3, 0.4) is 0 Å². The lowest BCUT2D eigenvalue weighted by molar-refractivity contribution is 1.00. The largest absolute Gasteiger partial charge is 0.378 e. The van der Waals surface area contributed by atoms with E-state index in [0.29, 0.717) is 5.15 Å². The van der Waals surface area contributed by atoms with Crippen LogP contribution in [0.15, 0.2) is 24.3 Å². The molecule has 1 heterocycles. The average molecular weight is 277 g/mol. The van der Waals surface area contributed by atoms with E-state index in [1.54, 1.807) is 0 Å². The van der Waals surface area contributed by atoms with Crippen LogP contribution in [-0.4, -0.2) is 24.3 Å². The van der Waals surface area contributed by atoms with E-state index in [1.165, 1.54) is 0 Å². The summed E-state index contributed by atoms with van der Waals surface area (Å²) in [6.45, 7) is 3.92. The summed E-state index contributed by atoms with van der Waals surface area (Å²) in [5.41, 5.74) is 4.06. The number of hydrogen-bond donors (Lipinski definition) is 1. The van der Waals surface area contributed by atoms with Crippen molar-refractivity contribution in [3.8, 4) is 0 Å². The molecule has 0 atom stereocenters. The molecule has 1 aromatic carbocycles. The van der Waals surface area contributed by atoms with Crippen molar-refractivity contribution in [1.29, 1.82) is 0 Å². The van der Waals surface area contributed by atoms with Gasteiger partial charge in [0.05, 0.1) is 0 Å². The molecule has 0 radical (unpaired) electrons. The van der Waals surface area contributed by atoms with Crippen LogP contribution in [-0.2, 0) is 0 Å². The molecule has 4 nitrogen and oxygen atoms in total. The Labute approximate surface area is 118 Å². The van der Waals surface area contributed by atoms with Gasteiger partial charge in [-0.1, -0.05) is 17.7 Å². The van der Waals surface area contributed by atoms with Gasteiger partial charge in [0, 0.05) is 25.5 Å². The maximum Gasteiger partial charge on any atom is 0.156 e. The molecule has 100 valence electrons. The molecule has 2 aromatic rings. The minimum Gasteiger partial charge on any atom is -0.378 e. The Morgan fingerprint density at radius 3 is 2.53 bits per heavy atom. The van der Waals surface area contributed by atoms with Crippen LogP contribution >= 0.6 is 11.6 Å². The summed E-state index contributed by atoms with van der Waals surface area (Å²) in [6.07, 6.45) is 0. The van der Waals surface area contributed by atoms with Gasteiger partial charge in [-0.3, -0.25) is 0 Å². The molecule has 0 unspecified atom stereocenters. The van der Waals surface area contributed by atoms with Crippen molar-refractivity contribution in [2.75, 3.05) is 24.3 Å². The molecular weight excluding hydrogens is 260 g/mol. The predicted octanol–water partition coefficient (Wildman–Crippen LogP) is 3.56. The zero-order valence-corrected chi connectivity index (χ0v) is 12.3. The molecule has 0 spiro atoms. The summed E-state index contributed by atoms with van der Waals surface area (Å²) in [7, 11) is 4.02. The number of nitrogens with zero attached hydrogens (tertiary/aromatic N) is 3.